The molecule has 1 aromatic heterocycles. The minimum atomic E-state index is -0.645. The molecule has 0 aliphatic rings. The van der Waals surface area contributed by atoms with Crippen molar-refractivity contribution in [1.82, 2.24) is 4.98 Å². The molecule has 5 heteroatoms. The first-order valence-corrected chi connectivity index (χ1v) is 4.58. The Kier molecular flexibility index (Phi) is 2.21. The van der Waals surface area contributed by atoms with Crippen LogP contribution in [-0.2, 0) is 0 Å². The zero-order valence-corrected chi connectivity index (χ0v) is 8.34. The fraction of sp³-hybridized carbons (Fsp3) is 0. The number of pyridine rings is 1. The van der Waals surface area contributed by atoms with E-state index in [1.165, 1.54) is 6.07 Å². The molecule has 0 spiro atoms. The van der Waals surface area contributed by atoms with Gasteiger partial charge in [-0.05, 0) is 18.2 Å². The second-order valence-corrected chi connectivity index (χ2v) is 3.54. The molecule has 1 amide bonds. The highest BCUT2D eigenvalue weighted by Crippen LogP contribution is 2.19. The lowest BCUT2D eigenvalue weighted by molar-refractivity contribution is 0.100. The molecule has 0 saturated carbocycles. The van der Waals surface area contributed by atoms with Gasteiger partial charge in [-0.3, -0.25) is 9.59 Å². The van der Waals surface area contributed by atoms with Crippen molar-refractivity contribution in [2.75, 3.05) is 0 Å². The molecule has 4 nitrogen and oxygen atoms in total. The number of hydrogen-bond donors (Lipinski definition) is 2. The van der Waals surface area contributed by atoms with Crippen LogP contribution in [-0.4, -0.2) is 10.9 Å². The molecule has 0 unspecified atom stereocenters. The summed E-state index contributed by atoms with van der Waals surface area (Å²) in [6, 6.07) is 6.02. The molecule has 0 radical (unpaired) electrons. The monoisotopic (exact) mass is 222 g/mol. The fourth-order valence-corrected chi connectivity index (χ4v) is 1.60. The van der Waals surface area contributed by atoms with Gasteiger partial charge in [0.1, 0.15) is 0 Å². The van der Waals surface area contributed by atoms with E-state index in [-0.39, 0.29) is 11.1 Å². The van der Waals surface area contributed by atoms with E-state index < -0.39 is 5.91 Å². The topological polar surface area (TPSA) is 76.0 Å². The van der Waals surface area contributed by atoms with Crippen molar-refractivity contribution in [3.8, 4) is 0 Å². The summed E-state index contributed by atoms with van der Waals surface area (Å²) in [5.74, 6) is -0.645. The van der Waals surface area contributed by atoms with Crippen LogP contribution in [0.2, 0.25) is 5.02 Å². The van der Waals surface area contributed by atoms with E-state index in [2.05, 4.69) is 4.98 Å². The predicted molar refractivity (Wildman–Crippen MR) is 58.1 cm³/mol. The minimum absolute atomic E-state index is 0.177. The summed E-state index contributed by atoms with van der Waals surface area (Å²) in [5.41, 5.74) is 5.52. The van der Waals surface area contributed by atoms with Crippen LogP contribution in [0.1, 0.15) is 10.4 Å². The summed E-state index contributed by atoms with van der Waals surface area (Å²) < 4.78 is 0. The normalized spacial score (nSPS) is 10.5. The number of nitrogens with two attached hydrogens (primary N) is 1. The number of carbonyl (C=O) groups excluding carboxylic acids is 1. The number of fused-ring (bicyclic) bond motifs is 1. The fourth-order valence-electron chi connectivity index (χ4n) is 1.43. The zero-order valence-electron chi connectivity index (χ0n) is 7.58. The molecule has 0 saturated heterocycles. The molecule has 15 heavy (non-hydrogen) atoms. The van der Waals surface area contributed by atoms with Gasteiger partial charge in [0.15, 0.2) is 0 Å². The van der Waals surface area contributed by atoms with Gasteiger partial charge in [-0.2, -0.15) is 0 Å². The first-order valence-electron chi connectivity index (χ1n) is 4.20. The SMILES string of the molecule is NC(=O)c1cc(=O)[nH]c2ccc(Cl)cc12. The molecule has 3 N–H and O–H groups in total. The quantitative estimate of drug-likeness (QED) is 0.763. The number of hydrogen-bond acceptors (Lipinski definition) is 2. The lowest BCUT2D eigenvalue weighted by Crippen LogP contribution is -2.16. The van der Waals surface area contributed by atoms with E-state index in [9.17, 15) is 9.59 Å². The van der Waals surface area contributed by atoms with Crippen LogP contribution in [0, 0.1) is 0 Å². The Morgan fingerprint density at radius 3 is 2.73 bits per heavy atom. The van der Waals surface area contributed by atoms with Crippen molar-refractivity contribution in [3.05, 3.63) is 45.2 Å². The first-order chi connectivity index (χ1) is 7.08. The van der Waals surface area contributed by atoms with Gasteiger partial charge in [0.2, 0.25) is 11.5 Å². The number of nitrogens with one attached hydrogen (secondary N) is 1. The molecule has 0 aliphatic carbocycles. The van der Waals surface area contributed by atoms with Gasteiger partial charge in [-0.25, -0.2) is 0 Å². The van der Waals surface area contributed by atoms with Crippen molar-refractivity contribution in [2.24, 2.45) is 5.73 Å². The maximum atomic E-state index is 11.2. The number of benzene rings is 1. The Morgan fingerprint density at radius 2 is 2.07 bits per heavy atom. The van der Waals surface area contributed by atoms with Gasteiger partial charge in [-0.1, -0.05) is 11.6 Å². The van der Waals surface area contributed by atoms with Crippen molar-refractivity contribution in [2.45, 2.75) is 0 Å². The molecule has 2 aromatic rings. The molecule has 1 aromatic carbocycles. The van der Waals surface area contributed by atoms with Crippen molar-refractivity contribution < 1.29 is 4.79 Å². The van der Waals surface area contributed by atoms with Crippen molar-refractivity contribution >= 4 is 28.4 Å². The van der Waals surface area contributed by atoms with Crippen molar-refractivity contribution in [3.63, 3.8) is 0 Å². The Hall–Kier alpha value is -1.81. The van der Waals surface area contributed by atoms with Crippen LogP contribution in [0.5, 0.6) is 0 Å². The third kappa shape index (κ3) is 1.71. The Bertz CT molecular complexity index is 604. The minimum Gasteiger partial charge on any atom is -0.366 e. The van der Waals surface area contributed by atoms with Gasteiger partial charge in [0, 0.05) is 22.0 Å². The van der Waals surface area contributed by atoms with Gasteiger partial charge >= 0.3 is 0 Å². The predicted octanol–water partition coefficient (Wildman–Crippen LogP) is 1.28. The molecule has 0 fully saturated rings. The van der Waals surface area contributed by atoms with Crippen LogP contribution in [0.25, 0.3) is 10.9 Å². The molecular formula is C10H7ClN2O2. The largest absolute Gasteiger partial charge is 0.366 e. The third-order valence-corrected chi connectivity index (χ3v) is 2.31. The number of amides is 1. The second kappa shape index (κ2) is 3.40. The first kappa shape index (κ1) is 9.73. The van der Waals surface area contributed by atoms with E-state index in [4.69, 9.17) is 17.3 Å². The highest BCUT2D eigenvalue weighted by molar-refractivity contribution is 6.31. The average Bonchev–Trinajstić information content (AvgIpc) is 2.17. The highest BCUT2D eigenvalue weighted by atomic mass is 35.5. The maximum absolute atomic E-state index is 11.2. The summed E-state index contributed by atoms with van der Waals surface area (Å²) in [6.45, 7) is 0. The molecule has 0 atom stereocenters. The zero-order chi connectivity index (χ0) is 11.0. The molecule has 1 heterocycles. The number of primary amides is 1. The number of rotatable bonds is 1. The summed E-state index contributed by atoms with van der Waals surface area (Å²) in [6.07, 6.45) is 0. The molecule has 2 rings (SSSR count). The summed E-state index contributed by atoms with van der Waals surface area (Å²) in [7, 11) is 0. The van der Waals surface area contributed by atoms with Gasteiger partial charge < -0.3 is 10.7 Å². The maximum Gasteiger partial charge on any atom is 0.249 e. The van der Waals surface area contributed by atoms with Crippen LogP contribution >= 0.6 is 11.6 Å². The lowest BCUT2D eigenvalue weighted by atomic mass is 10.1. The average molecular weight is 223 g/mol. The number of H-pyrrole nitrogens is 1. The van der Waals surface area contributed by atoms with Gasteiger partial charge in [0.25, 0.3) is 0 Å². The summed E-state index contributed by atoms with van der Waals surface area (Å²) in [4.78, 5) is 24.9. The lowest BCUT2D eigenvalue weighted by Gasteiger charge is -2.02. The number of aromatic amines is 1. The van der Waals surface area contributed by atoms with Crippen molar-refractivity contribution in [1.29, 1.82) is 0 Å². The van der Waals surface area contributed by atoms with E-state index in [1.807, 2.05) is 0 Å². The molecule has 0 aliphatic heterocycles. The van der Waals surface area contributed by atoms with E-state index in [0.717, 1.165) is 0 Å². The molecule has 0 bridgehead atoms. The van der Waals surface area contributed by atoms with Crippen LogP contribution in [0.3, 0.4) is 0 Å². The van der Waals surface area contributed by atoms with Gasteiger partial charge in [0.05, 0.1) is 5.56 Å². The number of halogens is 1. The van der Waals surface area contributed by atoms with Crippen LogP contribution in [0.15, 0.2) is 29.1 Å². The standard InChI is InChI=1S/C10H7ClN2O2/c11-5-1-2-8-6(3-5)7(10(12)15)4-9(14)13-8/h1-4H,(H2,12,15)(H,13,14). The van der Waals surface area contributed by atoms with Crippen LogP contribution in [0.4, 0.5) is 0 Å². The number of carbonyl (C=O) groups is 1. The molecule has 76 valence electrons. The Morgan fingerprint density at radius 1 is 1.33 bits per heavy atom. The third-order valence-electron chi connectivity index (χ3n) is 2.07. The smallest absolute Gasteiger partial charge is 0.249 e. The van der Waals surface area contributed by atoms with Crippen LogP contribution < -0.4 is 11.3 Å². The second-order valence-electron chi connectivity index (χ2n) is 3.10. The Balaban J connectivity index is 2.94. The van der Waals surface area contributed by atoms with E-state index in [0.29, 0.717) is 15.9 Å². The Labute approximate surface area is 89.7 Å². The summed E-state index contributed by atoms with van der Waals surface area (Å²) >= 11 is 5.79. The van der Waals surface area contributed by atoms with E-state index >= 15 is 0 Å². The van der Waals surface area contributed by atoms with Gasteiger partial charge in [-0.15, -0.1) is 0 Å². The molecular weight excluding hydrogens is 216 g/mol. The summed E-state index contributed by atoms with van der Waals surface area (Å²) in [5, 5.41) is 1.03. The number of aromatic nitrogens is 1. The van der Waals surface area contributed by atoms with E-state index in [1.54, 1.807) is 18.2 Å². The highest BCUT2D eigenvalue weighted by Gasteiger charge is 2.08.